The highest BCUT2D eigenvalue weighted by molar-refractivity contribution is 6.17. The molecule has 0 radical (unpaired) electrons. The van der Waals surface area contributed by atoms with E-state index >= 15 is 0 Å². The molecule has 0 aliphatic rings. The van der Waals surface area contributed by atoms with Gasteiger partial charge in [-0.25, -0.2) is 4.79 Å². The van der Waals surface area contributed by atoms with E-state index in [0.29, 0.717) is 25.6 Å². The summed E-state index contributed by atoms with van der Waals surface area (Å²) in [7, 11) is 0. The molecule has 18 heavy (non-hydrogen) atoms. The molecule has 0 bridgehead atoms. The van der Waals surface area contributed by atoms with Crippen LogP contribution in [0.3, 0.4) is 0 Å². The number of rotatable bonds is 7. The van der Waals surface area contributed by atoms with Gasteiger partial charge in [0.2, 0.25) is 0 Å². The SMILES string of the molecule is CCOc1ccc(CNC(=O)NCCCCl)cc1. The Labute approximate surface area is 113 Å². The van der Waals surface area contributed by atoms with E-state index in [4.69, 9.17) is 16.3 Å². The molecule has 0 heterocycles. The van der Waals surface area contributed by atoms with Crippen LogP contribution in [0.15, 0.2) is 24.3 Å². The van der Waals surface area contributed by atoms with Crippen molar-refractivity contribution in [2.45, 2.75) is 19.9 Å². The fourth-order valence-electron chi connectivity index (χ4n) is 1.38. The summed E-state index contributed by atoms with van der Waals surface area (Å²) in [6, 6.07) is 7.49. The normalized spacial score (nSPS) is 9.89. The fourth-order valence-corrected chi connectivity index (χ4v) is 1.52. The van der Waals surface area contributed by atoms with Crippen LogP contribution in [-0.2, 0) is 6.54 Å². The van der Waals surface area contributed by atoms with Gasteiger partial charge in [0.15, 0.2) is 0 Å². The molecule has 0 saturated heterocycles. The maximum Gasteiger partial charge on any atom is 0.315 e. The third kappa shape index (κ3) is 5.77. The first kappa shape index (κ1) is 14.6. The highest BCUT2D eigenvalue weighted by Gasteiger charge is 2.00. The summed E-state index contributed by atoms with van der Waals surface area (Å²) >= 11 is 5.51. The van der Waals surface area contributed by atoms with E-state index in [1.807, 2.05) is 31.2 Å². The number of halogens is 1. The number of alkyl halides is 1. The zero-order valence-electron chi connectivity index (χ0n) is 10.5. The van der Waals surface area contributed by atoms with Crippen LogP contribution in [0.2, 0.25) is 0 Å². The minimum Gasteiger partial charge on any atom is -0.494 e. The molecule has 0 spiro atoms. The Balaban J connectivity index is 2.27. The number of hydrogen-bond donors (Lipinski definition) is 2. The molecule has 0 saturated carbocycles. The first-order chi connectivity index (χ1) is 8.76. The largest absolute Gasteiger partial charge is 0.494 e. The third-order valence-electron chi connectivity index (χ3n) is 2.28. The summed E-state index contributed by atoms with van der Waals surface area (Å²) in [6.07, 6.45) is 0.776. The highest BCUT2D eigenvalue weighted by atomic mass is 35.5. The lowest BCUT2D eigenvalue weighted by Crippen LogP contribution is -2.35. The molecule has 0 unspecified atom stereocenters. The molecule has 2 amide bonds. The van der Waals surface area contributed by atoms with Crippen molar-refractivity contribution < 1.29 is 9.53 Å². The zero-order valence-corrected chi connectivity index (χ0v) is 11.3. The predicted octanol–water partition coefficient (Wildman–Crippen LogP) is 2.51. The van der Waals surface area contributed by atoms with Crippen LogP contribution in [0.4, 0.5) is 4.79 Å². The van der Waals surface area contributed by atoms with Gasteiger partial charge in [0.05, 0.1) is 6.61 Å². The molecule has 1 aromatic rings. The van der Waals surface area contributed by atoms with E-state index in [0.717, 1.165) is 17.7 Å². The minimum absolute atomic E-state index is 0.172. The van der Waals surface area contributed by atoms with E-state index in [1.54, 1.807) is 0 Å². The Kier molecular flexibility index (Phi) is 7.03. The van der Waals surface area contributed by atoms with Gasteiger partial charge >= 0.3 is 6.03 Å². The van der Waals surface area contributed by atoms with Crippen LogP contribution < -0.4 is 15.4 Å². The fraction of sp³-hybridized carbons (Fsp3) is 0.462. The first-order valence-corrected chi connectivity index (χ1v) is 6.59. The van der Waals surface area contributed by atoms with Crippen molar-refractivity contribution in [3.8, 4) is 5.75 Å². The topological polar surface area (TPSA) is 50.4 Å². The smallest absolute Gasteiger partial charge is 0.315 e. The van der Waals surface area contributed by atoms with Crippen molar-refractivity contribution in [2.24, 2.45) is 0 Å². The van der Waals surface area contributed by atoms with Gasteiger partial charge in [-0.05, 0) is 31.0 Å². The number of nitrogens with one attached hydrogen (secondary N) is 2. The second-order valence-corrected chi connectivity index (χ2v) is 4.11. The molecule has 2 N–H and O–H groups in total. The molecule has 1 aromatic carbocycles. The van der Waals surface area contributed by atoms with Crippen LogP contribution in [0.5, 0.6) is 5.75 Å². The Morgan fingerprint density at radius 1 is 1.28 bits per heavy atom. The van der Waals surface area contributed by atoms with E-state index in [2.05, 4.69) is 10.6 Å². The van der Waals surface area contributed by atoms with Gasteiger partial charge in [0, 0.05) is 19.0 Å². The number of amides is 2. The van der Waals surface area contributed by atoms with Gasteiger partial charge in [-0.1, -0.05) is 12.1 Å². The van der Waals surface area contributed by atoms with Crippen molar-refractivity contribution in [3.05, 3.63) is 29.8 Å². The van der Waals surface area contributed by atoms with Gasteiger partial charge in [0.1, 0.15) is 5.75 Å². The summed E-state index contributed by atoms with van der Waals surface area (Å²) in [5.74, 6) is 1.40. The lowest BCUT2D eigenvalue weighted by molar-refractivity contribution is 0.240. The Hall–Kier alpha value is -1.42. The van der Waals surface area contributed by atoms with Crippen molar-refractivity contribution in [1.82, 2.24) is 10.6 Å². The van der Waals surface area contributed by atoms with Gasteiger partial charge in [-0.15, -0.1) is 11.6 Å². The van der Waals surface area contributed by atoms with Crippen molar-refractivity contribution in [1.29, 1.82) is 0 Å². The number of ether oxygens (including phenoxy) is 1. The number of benzene rings is 1. The Morgan fingerprint density at radius 3 is 2.61 bits per heavy atom. The van der Waals surface area contributed by atoms with Crippen molar-refractivity contribution in [3.63, 3.8) is 0 Å². The molecular weight excluding hydrogens is 252 g/mol. The lowest BCUT2D eigenvalue weighted by atomic mass is 10.2. The first-order valence-electron chi connectivity index (χ1n) is 6.05. The Morgan fingerprint density at radius 2 is 2.00 bits per heavy atom. The molecular formula is C13H19ClN2O2. The van der Waals surface area contributed by atoms with Crippen LogP contribution in [0.1, 0.15) is 18.9 Å². The summed E-state index contributed by atoms with van der Waals surface area (Å²) in [6.45, 7) is 3.69. The average Bonchev–Trinajstić information content (AvgIpc) is 2.39. The van der Waals surface area contributed by atoms with Crippen LogP contribution >= 0.6 is 11.6 Å². The molecule has 0 aliphatic heterocycles. The second-order valence-electron chi connectivity index (χ2n) is 3.73. The van der Waals surface area contributed by atoms with Gasteiger partial charge in [0.25, 0.3) is 0 Å². The maximum atomic E-state index is 11.4. The predicted molar refractivity (Wildman–Crippen MR) is 73.2 cm³/mol. The van der Waals surface area contributed by atoms with Crippen molar-refractivity contribution in [2.75, 3.05) is 19.0 Å². The van der Waals surface area contributed by atoms with Crippen LogP contribution in [0.25, 0.3) is 0 Å². The number of carbonyl (C=O) groups excluding carboxylic acids is 1. The molecule has 4 nitrogen and oxygen atoms in total. The molecule has 1 rings (SSSR count). The van der Waals surface area contributed by atoms with E-state index < -0.39 is 0 Å². The average molecular weight is 271 g/mol. The summed E-state index contributed by atoms with van der Waals surface area (Å²) in [5.41, 5.74) is 1.03. The number of hydrogen-bond acceptors (Lipinski definition) is 2. The molecule has 5 heteroatoms. The van der Waals surface area contributed by atoms with Crippen molar-refractivity contribution >= 4 is 17.6 Å². The minimum atomic E-state index is -0.172. The van der Waals surface area contributed by atoms with E-state index in [1.165, 1.54) is 0 Å². The summed E-state index contributed by atoms with van der Waals surface area (Å²) in [4.78, 5) is 11.4. The molecule has 100 valence electrons. The lowest BCUT2D eigenvalue weighted by Gasteiger charge is -2.08. The Bertz CT molecular complexity index is 355. The zero-order chi connectivity index (χ0) is 13.2. The second kappa shape index (κ2) is 8.64. The van der Waals surface area contributed by atoms with Gasteiger partial charge < -0.3 is 15.4 Å². The molecule has 0 aromatic heterocycles. The summed E-state index contributed by atoms with van der Waals surface area (Å²) in [5, 5.41) is 5.50. The standard InChI is InChI=1S/C13H19ClN2O2/c1-2-18-12-6-4-11(5-7-12)10-16-13(17)15-9-3-8-14/h4-7H,2-3,8-10H2,1H3,(H2,15,16,17). The van der Waals surface area contributed by atoms with Crippen LogP contribution in [0, 0.1) is 0 Å². The third-order valence-corrected chi connectivity index (χ3v) is 2.55. The number of carbonyl (C=O) groups is 1. The van der Waals surface area contributed by atoms with E-state index in [9.17, 15) is 4.79 Å². The van der Waals surface area contributed by atoms with Gasteiger partial charge in [-0.3, -0.25) is 0 Å². The molecule has 0 aliphatic carbocycles. The van der Waals surface area contributed by atoms with E-state index in [-0.39, 0.29) is 6.03 Å². The highest BCUT2D eigenvalue weighted by Crippen LogP contribution is 2.11. The van der Waals surface area contributed by atoms with Gasteiger partial charge in [-0.2, -0.15) is 0 Å². The quantitative estimate of drug-likeness (QED) is 0.591. The molecule has 0 atom stereocenters. The molecule has 0 fully saturated rings. The summed E-state index contributed by atoms with van der Waals surface area (Å²) < 4.78 is 5.34. The number of urea groups is 1. The monoisotopic (exact) mass is 270 g/mol. The maximum absolute atomic E-state index is 11.4. The van der Waals surface area contributed by atoms with Crippen LogP contribution in [-0.4, -0.2) is 25.1 Å².